The number of imidazole rings is 1. The van der Waals surface area contributed by atoms with E-state index in [0.717, 1.165) is 40.9 Å². The summed E-state index contributed by atoms with van der Waals surface area (Å²) in [5.74, 6) is 1.55. The minimum absolute atomic E-state index is 0.0487. The van der Waals surface area contributed by atoms with Crippen molar-refractivity contribution in [1.82, 2.24) is 14.0 Å². The highest BCUT2D eigenvalue weighted by Crippen LogP contribution is 2.39. The molecule has 1 fully saturated rings. The molecule has 0 aliphatic carbocycles. The Kier molecular flexibility index (Phi) is 6.02. The number of nitrogens with zero attached hydrogens (tertiary/aromatic N) is 3. The Balaban J connectivity index is 1.57. The number of benzene rings is 2. The molecule has 1 unspecified atom stereocenters. The summed E-state index contributed by atoms with van der Waals surface area (Å²) in [6.45, 7) is 3.63. The summed E-state index contributed by atoms with van der Waals surface area (Å²) in [6, 6.07) is 13.4. The minimum atomic E-state index is -0.0658. The van der Waals surface area contributed by atoms with Gasteiger partial charge < -0.3 is 14.4 Å². The molecule has 164 valence electrons. The largest absolute Gasteiger partial charge is 0.497 e. The highest BCUT2D eigenvalue weighted by atomic mass is 16.5. The lowest BCUT2D eigenvalue weighted by atomic mass is 10.0. The number of ether oxygens (including phenoxy) is 2. The molecule has 0 radical (unpaired) electrons. The van der Waals surface area contributed by atoms with Gasteiger partial charge in [0.15, 0.2) is 0 Å². The molecule has 4 rings (SSSR count). The molecule has 2 heterocycles. The third kappa shape index (κ3) is 3.80. The van der Waals surface area contributed by atoms with E-state index in [4.69, 9.17) is 9.47 Å². The molecule has 0 spiro atoms. The number of hydrogen-bond donors (Lipinski definition) is 0. The van der Waals surface area contributed by atoms with Crippen molar-refractivity contribution in [2.45, 2.75) is 45.3 Å². The molecule has 1 aliphatic heterocycles. The number of aromatic nitrogens is 2. The number of methoxy groups -OCH3 is 2. The Bertz CT molecular complexity index is 1150. The van der Waals surface area contributed by atoms with Crippen LogP contribution in [0.1, 0.15) is 37.8 Å². The van der Waals surface area contributed by atoms with Crippen LogP contribution < -0.4 is 15.2 Å². The molecule has 1 aliphatic rings. The van der Waals surface area contributed by atoms with Gasteiger partial charge in [-0.15, -0.1) is 0 Å². The predicted octanol–water partition coefficient (Wildman–Crippen LogP) is 3.59. The van der Waals surface area contributed by atoms with Gasteiger partial charge in [-0.3, -0.25) is 13.9 Å². The molecule has 1 atom stereocenters. The zero-order valence-electron chi connectivity index (χ0n) is 18.3. The fourth-order valence-electron chi connectivity index (χ4n) is 4.63. The van der Waals surface area contributed by atoms with Crippen molar-refractivity contribution < 1.29 is 14.3 Å². The summed E-state index contributed by atoms with van der Waals surface area (Å²) in [7, 11) is 3.27. The third-order valence-corrected chi connectivity index (χ3v) is 6.16. The molecule has 1 aromatic heterocycles. The second kappa shape index (κ2) is 8.88. The number of carbonyl (C=O) groups is 1. The average Bonchev–Trinajstić information content (AvgIpc) is 3.39. The molecular weight excluding hydrogens is 394 g/mol. The lowest BCUT2D eigenvalue weighted by Crippen LogP contribution is -2.32. The third-order valence-electron chi connectivity index (χ3n) is 6.16. The number of rotatable bonds is 7. The quantitative estimate of drug-likeness (QED) is 0.583. The summed E-state index contributed by atoms with van der Waals surface area (Å²) in [6.07, 6.45) is 2.09. The van der Waals surface area contributed by atoms with E-state index in [2.05, 4.69) is 0 Å². The first-order valence-electron chi connectivity index (χ1n) is 10.8. The van der Waals surface area contributed by atoms with E-state index >= 15 is 0 Å². The van der Waals surface area contributed by atoms with E-state index in [1.165, 1.54) is 0 Å². The number of para-hydroxylation sites is 2. The smallest absolute Gasteiger partial charge is 0.329 e. The van der Waals surface area contributed by atoms with E-state index in [-0.39, 0.29) is 24.1 Å². The topological polar surface area (TPSA) is 65.7 Å². The van der Waals surface area contributed by atoms with Crippen molar-refractivity contribution in [3.63, 3.8) is 0 Å². The molecule has 31 heavy (non-hydrogen) atoms. The Morgan fingerprint density at radius 2 is 1.81 bits per heavy atom. The number of hydrogen-bond acceptors (Lipinski definition) is 4. The van der Waals surface area contributed by atoms with Gasteiger partial charge in [0.25, 0.3) is 0 Å². The van der Waals surface area contributed by atoms with Crippen molar-refractivity contribution in [1.29, 1.82) is 0 Å². The molecule has 0 bridgehead atoms. The van der Waals surface area contributed by atoms with Crippen LogP contribution in [0.15, 0.2) is 47.3 Å². The number of fused-ring (bicyclic) bond motifs is 1. The van der Waals surface area contributed by atoms with Crippen LogP contribution >= 0.6 is 0 Å². The van der Waals surface area contributed by atoms with Crippen molar-refractivity contribution in [3.8, 4) is 11.5 Å². The first-order chi connectivity index (χ1) is 15.1. The first-order valence-corrected chi connectivity index (χ1v) is 10.8. The van der Waals surface area contributed by atoms with Crippen LogP contribution in [-0.4, -0.2) is 40.7 Å². The molecule has 0 N–H and O–H groups in total. The average molecular weight is 424 g/mol. The first kappa shape index (κ1) is 21.0. The van der Waals surface area contributed by atoms with Gasteiger partial charge in [-0.1, -0.05) is 12.1 Å². The van der Waals surface area contributed by atoms with Crippen LogP contribution in [0, 0.1) is 0 Å². The van der Waals surface area contributed by atoms with E-state index in [1.54, 1.807) is 23.4 Å². The lowest BCUT2D eigenvalue weighted by Gasteiger charge is -2.27. The maximum absolute atomic E-state index is 13.2. The van der Waals surface area contributed by atoms with Gasteiger partial charge in [0, 0.05) is 31.6 Å². The van der Waals surface area contributed by atoms with E-state index in [9.17, 15) is 9.59 Å². The van der Waals surface area contributed by atoms with Crippen LogP contribution in [0.25, 0.3) is 11.0 Å². The van der Waals surface area contributed by atoms with Crippen molar-refractivity contribution in [2.75, 3.05) is 20.8 Å². The van der Waals surface area contributed by atoms with E-state index in [0.29, 0.717) is 19.6 Å². The zero-order chi connectivity index (χ0) is 22.0. The fraction of sp³-hybridized carbons (Fsp3) is 0.417. The van der Waals surface area contributed by atoms with Crippen LogP contribution in [0.3, 0.4) is 0 Å². The molecule has 7 nitrogen and oxygen atoms in total. The second-order valence-electron chi connectivity index (χ2n) is 7.77. The monoisotopic (exact) mass is 423 g/mol. The van der Waals surface area contributed by atoms with Gasteiger partial charge in [-0.25, -0.2) is 4.79 Å². The highest BCUT2D eigenvalue weighted by molar-refractivity contribution is 5.78. The lowest BCUT2D eigenvalue weighted by molar-refractivity contribution is -0.132. The summed E-state index contributed by atoms with van der Waals surface area (Å²) >= 11 is 0. The number of carbonyl (C=O) groups excluding carboxylic acids is 1. The number of likely N-dealkylation sites (tertiary alicyclic amines) is 1. The van der Waals surface area contributed by atoms with Crippen LogP contribution in [0.2, 0.25) is 0 Å². The molecule has 1 saturated heterocycles. The van der Waals surface area contributed by atoms with Crippen molar-refractivity contribution >= 4 is 16.9 Å². The number of aryl methyl sites for hydroxylation is 2. The summed E-state index contributed by atoms with van der Waals surface area (Å²) < 4.78 is 14.4. The Morgan fingerprint density at radius 1 is 1.06 bits per heavy atom. The SMILES string of the molecule is CCn1c(=O)n(CCC(=O)N2CCCC2c2cc(OC)ccc2OC)c2ccccc21. The maximum atomic E-state index is 13.2. The Morgan fingerprint density at radius 3 is 2.48 bits per heavy atom. The molecule has 7 heteroatoms. The van der Waals surface area contributed by atoms with Gasteiger partial charge >= 0.3 is 5.69 Å². The summed E-state index contributed by atoms with van der Waals surface area (Å²) in [4.78, 5) is 28.0. The van der Waals surface area contributed by atoms with E-state index in [1.807, 2.05) is 54.3 Å². The van der Waals surface area contributed by atoms with Crippen molar-refractivity contribution in [2.24, 2.45) is 0 Å². The fourth-order valence-corrected chi connectivity index (χ4v) is 4.63. The summed E-state index contributed by atoms with van der Waals surface area (Å²) in [5.41, 5.74) is 2.67. The van der Waals surface area contributed by atoms with E-state index < -0.39 is 0 Å². The summed E-state index contributed by atoms with van der Waals surface area (Å²) in [5, 5.41) is 0. The van der Waals surface area contributed by atoms with Crippen LogP contribution in [0.5, 0.6) is 11.5 Å². The zero-order valence-corrected chi connectivity index (χ0v) is 18.3. The molecule has 0 saturated carbocycles. The molecular formula is C24H29N3O4. The predicted molar refractivity (Wildman–Crippen MR) is 120 cm³/mol. The maximum Gasteiger partial charge on any atom is 0.329 e. The minimum Gasteiger partial charge on any atom is -0.497 e. The highest BCUT2D eigenvalue weighted by Gasteiger charge is 2.32. The molecule has 3 aromatic rings. The van der Waals surface area contributed by atoms with Crippen molar-refractivity contribution in [3.05, 3.63) is 58.5 Å². The van der Waals surface area contributed by atoms with Gasteiger partial charge in [0.2, 0.25) is 5.91 Å². The molecule has 2 aromatic carbocycles. The second-order valence-corrected chi connectivity index (χ2v) is 7.77. The number of amides is 1. The van der Waals surface area contributed by atoms with Crippen LogP contribution in [-0.2, 0) is 17.9 Å². The normalized spacial score (nSPS) is 16.1. The van der Waals surface area contributed by atoms with Gasteiger partial charge in [0.05, 0.1) is 31.3 Å². The Hall–Kier alpha value is -3.22. The molecule has 1 amide bonds. The Labute approximate surface area is 181 Å². The van der Waals surface area contributed by atoms with Gasteiger partial charge in [-0.2, -0.15) is 0 Å². The van der Waals surface area contributed by atoms with Crippen LogP contribution in [0.4, 0.5) is 0 Å². The van der Waals surface area contributed by atoms with Gasteiger partial charge in [-0.05, 0) is 50.1 Å². The standard InChI is InChI=1S/C24H29N3O4/c1-4-25-20-8-5-6-9-21(20)27(24(25)29)15-13-23(28)26-14-7-10-19(26)18-16-17(30-2)11-12-22(18)31-3/h5-6,8-9,11-12,16,19H,4,7,10,13-15H2,1-3H3. The van der Waals surface area contributed by atoms with Gasteiger partial charge in [0.1, 0.15) is 11.5 Å².